The van der Waals surface area contributed by atoms with Crippen LogP contribution in [0.4, 0.5) is 5.69 Å². The molecule has 3 amide bonds. The number of aromatic hydroxyl groups is 1. The van der Waals surface area contributed by atoms with E-state index in [-0.39, 0.29) is 53.5 Å². The van der Waals surface area contributed by atoms with Gasteiger partial charge in [0.05, 0.1) is 17.5 Å². The van der Waals surface area contributed by atoms with Gasteiger partial charge in [-0.05, 0) is 42.2 Å². The zero-order valence-corrected chi connectivity index (χ0v) is 14.5. The molecule has 0 unspecified atom stereocenters. The smallest absolute Gasteiger partial charge is 0.244 e. The van der Waals surface area contributed by atoms with E-state index in [9.17, 15) is 19.5 Å². The van der Waals surface area contributed by atoms with E-state index in [0.29, 0.717) is 16.9 Å². The highest BCUT2D eigenvalue weighted by atomic mass is 35.5. The molecule has 1 aromatic rings. The molecule has 6 atom stereocenters. The minimum atomic E-state index is -0.520. The van der Waals surface area contributed by atoms with Gasteiger partial charge in [-0.1, -0.05) is 23.8 Å². The number of halogens is 1. The summed E-state index contributed by atoms with van der Waals surface area (Å²) in [5.74, 6) is -0.434. The van der Waals surface area contributed by atoms with E-state index >= 15 is 0 Å². The third-order valence-corrected chi connectivity index (χ3v) is 6.52. The number of benzene rings is 1. The number of carbonyl (C=O) groups excluding carboxylic acids is 3. The number of hydrogen-bond donors (Lipinski definition) is 2. The molecule has 6 nitrogen and oxygen atoms in total. The van der Waals surface area contributed by atoms with Crippen LogP contribution in [0.25, 0.3) is 0 Å². The fourth-order valence-corrected chi connectivity index (χ4v) is 5.28. The Hall–Kier alpha value is -2.34. The van der Waals surface area contributed by atoms with Crippen molar-refractivity contribution in [2.75, 3.05) is 11.9 Å². The Morgan fingerprint density at radius 1 is 1.15 bits per heavy atom. The standard InChI is InChI=1S/C19H17ClN2O4/c20-8-1-4-13(14(23)5-8)21-15(24)7-22-18(25)16-9-2-3-10(12-6-11(9)12)17(16)19(22)26/h1-5,9-12,16-17,23H,6-7H2,(H,21,24)/t9-,10+,11-,12-,16+,17+/m1/s1. The van der Waals surface area contributed by atoms with Crippen LogP contribution in [-0.4, -0.2) is 34.3 Å². The normalized spacial score (nSPS) is 36.1. The van der Waals surface area contributed by atoms with E-state index in [1.807, 2.05) is 0 Å². The van der Waals surface area contributed by atoms with Crippen molar-refractivity contribution in [2.24, 2.45) is 35.5 Å². The largest absolute Gasteiger partial charge is 0.506 e. The summed E-state index contributed by atoms with van der Waals surface area (Å²) in [6.45, 7) is -0.332. The lowest BCUT2D eigenvalue weighted by molar-refractivity contribution is -0.142. The van der Waals surface area contributed by atoms with Crippen molar-refractivity contribution in [3.05, 3.63) is 35.4 Å². The molecule has 0 radical (unpaired) electrons. The van der Waals surface area contributed by atoms with E-state index in [2.05, 4.69) is 17.5 Å². The van der Waals surface area contributed by atoms with Gasteiger partial charge in [-0.2, -0.15) is 0 Å². The molecule has 1 aromatic carbocycles. The molecule has 0 aromatic heterocycles. The average molecular weight is 373 g/mol. The molecule has 6 rings (SSSR count). The molecular formula is C19H17ClN2O4. The Kier molecular flexibility index (Phi) is 3.26. The van der Waals surface area contributed by atoms with E-state index in [1.165, 1.54) is 18.2 Å². The first-order valence-electron chi connectivity index (χ1n) is 8.77. The number of amides is 3. The van der Waals surface area contributed by atoms with Gasteiger partial charge in [0.25, 0.3) is 0 Å². The monoisotopic (exact) mass is 372 g/mol. The summed E-state index contributed by atoms with van der Waals surface area (Å²) >= 11 is 5.77. The highest BCUT2D eigenvalue weighted by molar-refractivity contribution is 6.30. The number of likely N-dealkylation sites (tertiary alicyclic amines) is 1. The molecule has 5 aliphatic rings. The second-order valence-electron chi connectivity index (χ2n) is 7.63. The van der Waals surface area contributed by atoms with Gasteiger partial charge in [-0.3, -0.25) is 19.3 Å². The Morgan fingerprint density at radius 3 is 2.35 bits per heavy atom. The number of nitrogens with zero attached hydrogens (tertiary/aromatic N) is 1. The minimum Gasteiger partial charge on any atom is -0.506 e. The molecule has 26 heavy (non-hydrogen) atoms. The summed E-state index contributed by atoms with van der Waals surface area (Å²) in [7, 11) is 0. The molecule has 134 valence electrons. The number of nitrogens with one attached hydrogen (secondary N) is 1. The van der Waals surface area contributed by atoms with Crippen LogP contribution < -0.4 is 5.32 Å². The quantitative estimate of drug-likeness (QED) is 0.483. The van der Waals surface area contributed by atoms with Crippen molar-refractivity contribution in [2.45, 2.75) is 6.42 Å². The van der Waals surface area contributed by atoms with Gasteiger partial charge in [-0.25, -0.2) is 0 Å². The van der Waals surface area contributed by atoms with Crippen LogP contribution in [0.2, 0.25) is 5.02 Å². The van der Waals surface area contributed by atoms with Crippen LogP contribution in [-0.2, 0) is 14.4 Å². The highest BCUT2D eigenvalue weighted by Crippen LogP contribution is 2.65. The lowest BCUT2D eigenvalue weighted by atomic mass is 9.63. The maximum atomic E-state index is 12.8. The van der Waals surface area contributed by atoms with Gasteiger partial charge in [-0.15, -0.1) is 0 Å². The van der Waals surface area contributed by atoms with Crippen LogP contribution in [0.3, 0.4) is 0 Å². The predicted octanol–water partition coefficient (Wildman–Crippen LogP) is 2.04. The second kappa shape index (κ2) is 5.33. The minimum absolute atomic E-state index is 0.139. The molecule has 2 saturated carbocycles. The van der Waals surface area contributed by atoms with Gasteiger partial charge in [0, 0.05) is 11.1 Å². The van der Waals surface area contributed by atoms with Crippen LogP contribution >= 0.6 is 11.6 Å². The summed E-state index contributed by atoms with van der Waals surface area (Å²) in [5.41, 5.74) is 0.193. The van der Waals surface area contributed by atoms with E-state index in [0.717, 1.165) is 11.3 Å². The van der Waals surface area contributed by atoms with Crippen molar-refractivity contribution < 1.29 is 19.5 Å². The topological polar surface area (TPSA) is 86.7 Å². The van der Waals surface area contributed by atoms with Crippen LogP contribution in [0.5, 0.6) is 5.75 Å². The number of phenols is 1. The predicted molar refractivity (Wildman–Crippen MR) is 93.2 cm³/mol. The first kappa shape index (κ1) is 15.9. The van der Waals surface area contributed by atoms with Gasteiger partial charge in [0.1, 0.15) is 12.3 Å². The van der Waals surface area contributed by atoms with Crippen molar-refractivity contribution in [3.8, 4) is 5.75 Å². The fourth-order valence-electron chi connectivity index (χ4n) is 5.12. The molecule has 2 N–H and O–H groups in total. The fraction of sp³-hybridized carbons (Fsp3) is 0.421. The van der Waals surface area contributed by atoms with E-state index in [1.54, 1.807) is 0 Å². The summed E-state index contributed by atoms with van der Waals surface area (Å²) in [6, 6.07) is 4.32. The third-order valence-electron chi connectivity index (χ3n) is 6.29. The molecule has 0 spiro atoms. The Bertz CT molecular complexity index is 846. The third kappa shape index (κ3) is 2.14. The van der Waals surface area contributed by atoms with Crippen molar-refractivity contribution >= 4 is 35.0 Å². The summed E-state index contributed by atoms with van der Waals surface area (Å²) in [4.78, 5) is 39.1. The lowest BCUT2D eigenvalue weighted by Gasteiger charge is -2.37. The summed E-state index contributed by atoms with van der Waals surface area (Å²) in [6.07, 6.45) is 5.30. The van der Waals surface area contributed by atoms with Gasteiger partial charge in [0.15, 0.2) is 0 Å². The van der Waals surface area contributed by atoms with Gasteiger partial charge >= 0.3 is 0 Å². The number of allylic oxidation sites excluding steroid dienone is 2. The molecule has 1 heterocycles. The first-order valence-corrected chi connectivity index (χ1v) is 9.15. The SMILES string of the molecule is O=C(CN1C(=O)[C@H]2[C@@H]3C=C[C@@H]([C@H]4C[C@H]34)[C@@H]2C1=O)Nc1ccc(Cl)cc1O. The number of hydrogen-bond acceptors (Lipinski definition) is 4. The first-order chi connectivity index (χ1) is 12.5. The van der Waals surface area contributed by atoms with Crippen molar-refractivity contribution in [3.63, 3.8) is 0 Å². The molecular weight excluding hydrogens is 356 g/mol. The molecule has 2 bridgehead atoms. The van der Waals surface area contributed by atoms with E-state index in [4.69, 9.17) is 11.6 Å². The Labute approximate surface area is 154 Å². The molecule has 7 heteroatoms. The zero-order chi connectivity index (χ0) is 18.2. The average Bonchev–Trinajstić information content (AvgIpc) is 3.39. The maximum Gasteiger partial charge on any atom is 0.244 e. The van der Waals surface area contributed by atoms with Gasteiger partial charge < -0.3 is 10.4 Å². The number of phenolic OH excluding ortho intramolecular Hbond substituents is 1. The molecule has 1 saturated heterocycles. The maximum absolute atomic E-state index is 12.8. The summed E-state index contributed by atoms with van der Waals surface area (Å²) < 4.78 is 0. The van der Waals surface area contributed by atoms with Crippen molar-refractivity contribution in [1.29, 1.82) is 0 Å². The van der Waals surface area contributed by atoms with Crippen LogP contribution in [0.1, 0.15) is 6.42 Å². The lowest BCUT2D eigenvalue weighted by Crippen LogP contribution is -2.40. The number of rotatable bonds is 3. The Balaban J connectivity index is 1.33. The summed E-state index contributed by atoms with van der Waals surface area (Å²) in [5, 5.41) is 12.7. The highest BCUT2D eigenvalue weighted by Gasteiger charge is 2.67. The number of anilines is 1. The van der Waals surface area contributed by atoms with Crippen LogP contribution in [0, 0.1) is 35.5 Å². The zero-order valence-electron chi connectivity index (χ0n) is 13.8. The molecule has 3 fully saturated rings. The van der Waals surface area contributed by atoms with Gasteiger partial charge in [0.2, 0.25) is 17.7 Å². The Morgan fingerprint density at radius 2 is 1.77 bits per heavy atom. The second-order valence-corrected chi connectivity index (χ2v) is 8.06. The molecule has 1 aliphatic heterocycles. The molecule has 4 aliphatic carbocycles. The van der Waals surface area contributed by atoms with Crippen molar-refractivity contribution in [1.82, 2.24) is 4.90 Å². The van der Waals surface area contributed by atoms with E-state index < -0.39 is 5.91 Å². The number of carbonyl (C=O) groups is 3. The number of imide groups is 1. The van der Waals surface area contributed by atoms with Crippen LogP contribution in [0.15, 0.2) is 30.4 Å².